The van der Waals surface area contributed by atoms with Gasteiger partial charge in [0.15, 0.2) is 0 Å². The van der Waals surface area contributed by atoms with Gasteiger partial charge in [0.05, 0.1) is 24.9 Å². The number of thiazole rings is 1. The van der Waals surface area contributed by atoms with Crippen molar-refractivity contribution < 1.29 is 0 Å². The molecule has 0 bridgehead atoms. The summed E-state index contributed by atoms with van der Waals surface area (Å²) in [5, 5.41) is 9.86. The van der Waals surface area contributed by atoms with Crippen molar-refractivity contribution in [3.05, 3.63) is 15.6 Å². The number of hydrogen-bond acceptors (Lipinski definition) is 5. The Kier molecular flexibility index (Phi) is 4.11. The highest BCUT2D eigenvalue weighted by atomic mass is 32.1. The standard InChI is InChI=1S/C12H18N4S/c1-10-11(2)17-12(14-10)9-16-7-5-15(4-3-13)6-8-16/h4-9H2,1-2H3. The molecule has 0 aliphatic carbocycles. The Morgan fingerprint density at radius 1 is 1.24 bits per heavy atom. The van der Waals surface area contributed by atoms with Gasteiger partial charge in [0.2, 0.25) is 0 Å². The Labute approximate surface area is 106 Å². The Hall–Kier alpha value is -0.960. The van der Waals surface area contributed by atoms with E-state index in [-0.39, 0.29) is 0 Å². The molecule has 92 valence electrons. The van der Waals surface area contributed by atoms with E-state index in [1.807, 2.05) is 0 Å². The van der Waals surface area contributed by atoms with Gasteiger partial charge in [-0.3, -0.25) is 9.80 Å². The highest BCUT2D eigenvalue weighted by Gasteiger charge is 2.17. The van der Waals surface area contributed by atoms with Crippen molar-refractivity contribution in [1.29, 1.82) is 5.26 Å². The van der Waals surface area contributed by atoms with Crippen molar-refractivity contribution >= 4 is 11.3 Å². The summed E-state index contributed by atoms with van der Waals surface area (Å²) in [5.41, 5.74) is 1.16. The third-order valence-corrected chi connectivity index (χ3v) is 4.25. The molecule has 0 unspecified atom stereocenters. The van der Waals surface area contributed by atoms with Crippen LogP contribution in [0.25, 0.3) is 0 Å². The number of aryl methyl sites for hydroxylation is 2. The number of hydrogen-bond donors (Lipinski definition) is 0. The van der Waals surface area contributed by atoms with Crippen LogP contribution in [0.1, 0.15) is 15.6 Å². The number of rotatable bonds is 3. The topological polar surface area (TPSA) is 43.2 Å². The first-order valence-electron chi connectivity index (χ1n) is 5.93. The van der Waals surface area contributed by atoms with Crippen molar-refractivity contribution in [1.82, 2.24) is 14.8 Å². The molecule has 5 heteroatoms. The minimum atomic E-state index is 0.559. The third kappa shape index (κ3) is 3.25. The molecule has 0 N–H and O–H groups in total. The normalized spacial score (nSPS) is 18.2. The molecule has 1 aromatic rings. The maximum Gasteiger partial charge on any atom is 0.107 e. The SMILES string of the molecule is Cc1nc(CN2CCN(CC#N)CC2)sc1C. The van der Waals surface area contributed by atoms with Crippen molar-refractivity contribution in [2.45, 2.75) is 20.4 Å². The first-order valence-corrected chi connectivity index (χ1v) is 6.75. The van der Waals surface area contributed by atoms with Gasteiger partial charge >= 0.3 is 0 Å². The van der Waals surface area contributed by atoms with E-state index >= 15 is 0 Å². The fourth-order valence-corrected chi connectivity index (χ4v) is 2.98. The van der Waals surface area contributed by atoms with Crippen LogP contribution in [0, 0.1) is 25.2 Å². The molecule has 0 spiro atoms. The lowest BCUT2D eigenvalue weighted by atomic mass is 10.3. The Morgan fingerprint density at radius 2 is 1.88 bits per heavy atom. The van der Waals surface area contributed by atoms with Crippen molar-refractivity contribution in [3.8, 4) is 6.07 Å². The fourth-order valence-electron chi connectivity index (χ4n) is 2.00. The first kappa shape index (κ1) is 12.5. The van der Waals surface area contributed by atoms with Gasteiger partial charge in [-0.2, -0.15) is 5.26 Å². The Morgan fingerprint density at radius 3 is 2.41 bits per heavy atom. The van der Waals surface area contributed by atoms with E-state index in [9.17, 15) is 0 Å². The zero-order valence-corrected chi connectivity index (χ0v) is 11.3. The number of piperazine rings is 1. The Balaban J connectivity index is 1.84. The molecular weight excluding hydrogens is 232 g/mol. The molecule has 0 aromatic carbocycles. The number of nitriles is 1. The van der Waals surface area contributed by atoms with Gasteiger partial charge in [-0.1, -0.05) is 0 Å². The summed E-state index contributed by atoms with van der Waals surface area (Å²) in [6.45, 7) is 9.79. The molecule has 1 fully saturated rings. The molecule has 0 radical (unpaired) electrons. The van der Waals surface area contributed by atoms with E-state index in [1.165, 1.54) is 9.88 Å². The largest absolute Gasteiger partial charge is 0.294 e. The average molecular weight is 250 g/mol. The van der Waals surface area contributed by atoms with Gasteiger partial charge in [-0.25, -0.2) is 4.98 Å². The lowest BCUT2D eigenvalue weighted by Crippen LogP contribution is -2.45. The van der Waals surface area contributed by atoms with Crippen LogP contribution in [-0.4, -0.2) is 47.5 Å². The Bertz CT molecular complexity index is 393. The average Bonchev–Trinajstić information content (AvgIpc) is 2.61. The lowest BCUT2D eigenvalue weighted by Gasteiger charge is -2.32. The third-order valence-electron chi connectivity index (χ3n) is 3.19. The van der Waals surface area contributed by atoms with E-state index in [0.717, 1.165) is 38.4 Å². The van der Waals surface area contributed by atoms with Gasteiger partial charge < -0.3 is 0 Å². The van der Waals surface area contributed by atoms with Gasteiger partial charge in [0.1, 0.15) is 5.01 Å². The molecule has 2 heterocycles. The maximum absolute atomic E-state index is 8.64. The summed E-state index contributed by atoms with van der Waals surface area (Å²) in [6, 6.07) is 2.21. The molecule has 1 aliphatic rings. The summed E-state index contributed by atoms with van der Waals surface area (Å²) < 4.78 is 0. The van der Waals surface area contributed by atoms with Crippen LogP contribution in [0.15, 0.2) is 0 Å². The summed E-state index contributed by atoms with van der Waals surface area (Å²) in [7, 11) is 0. The summed E-state index contributed by atoms with van der Waals surface area (Å²) in [4.78, 5) is 10.5. The van der Waals surface area contributed by atoms with E-state index in [0.29, 0.717) is 6.54 Å². The van der Waals surface area contributed by atoms with Gasteiger partial charge in [0, 0.05) is 31.1 Å². The van der Waals surface area contributed by atoms with Crippen LogP contribution >= 0.6 is 11.3 Å². The minimum Gasteiger partial charge on any atom is -0.294 e. The second kappa shape index (κ2) is 5.58. The number of nitrogens with zero attached hydrogens (tertiary/aromatic N) is 4. The van der Waals surface area contributed by atoms with E-state index in [4.69, 9.17) is 5.26 Å². The van der Waals surface area contributed by atoms with Crippen molar-refractivity contribution in [2.75, 3.05) is 32.7 Å². The number of aromatic nitrogens is 1. The maximum atomic E-state index is 8.64. The molecule has 4 nitrogen and oxygen atoms in total. The van der Waals surface area contributed by atoms with Crippen LogP contribution in [0.4, 0.5) is 0 Å². The van der Waals surface area contributed by atoms with Crippen LogP contribution in [0.5, 0.6) is 0 Å². The smallest absolute Gasteiger partial charge is 0.107 e. The van der Waals surface area contributed by atoms with E-state index < -0.39 is 0 Å². The fraction of sp³-hybridized carbons (Fsp3) is 0.667. The van der Waals surface area contributed by atoms with Gasteiger partial charge in [-0.15, -0.1) is 11.3 Å². The monoisotopic (exact) mass is 250 g/mol. The second-order valence-corrected chi connectivity index (χ2v) is 5.75. The molecule has 1 aromatic heterocycles. The molecule has 0 saturated carbocycles. The molecule has 17 heavy (non-hydrogen) atoms. The van der Waals surface area contributed by atoms with E-state index in [1.54, 1.807) is 11.3 Å². The first-order chi connectivity index (χ1) is 8.19. The molecule has 2 rings (SSSR count). The summed E-state index contributed by atoms with van der Waals surface area (Å²) in [5.74, 6) is 0. The van der Waals surface area contributed by atoms with Crippen molar-refractivity contribution in [3.63, 3.8) is 0 Å². The summed E-state index contributed by atoms with van der Waals surface area (Å²) >= 11 is 1.80. The molecule has 0 amide bonds. The van der Waals surface area contributed by atoms with Gasteiger partial charge in [0.25, 0.3) is 0 Å². The zero-order valence-electron chi connectivity index (χ0n) is 10.4. The molecule has 1 aliphatic heterocycles. The molecule has 0 atom stereocenters. The lowest BCUT2D eigenvalue weighted by molar-refractivity contribution is 0.138. The van der Waals surface area contributed by atoms with Gasteiger partial charge in [-0.05, 0) is 13.8 Å². The zero-order chi connectivity index (χ0) is 12.3. The quantitative estimate of drug-likeness (QED) is 0.761. The van der Waals surface area contributed by atoms with Crippen LogP contribution in [-0.2, 0) is 6.54 Å². The second-order valence-electron chi connectivity index (χ2n) is 4.46. The van der Waals surface area contributed by atoms with Crippen molar-refractivity contribution in [2.24, 2.45) is 0 Å². The van der Waals surface area contributed by atoms with Crippen LogP contribution in [0.3, 0.4) is 0 Å². The summed E-state index contributed by atoms with van der Waals surface area (Å²) in [6.07, 6.45) is 0. The van der Waals surface area contributed by atoms with E-state index in [2.05, 4.69) is 34.7 Å². The minimum absolute atomic E-state index is 0.559. The predicted molar refractivity (Wildman–Crippen MR) is 68.9 cm³/mol. The van der Waals surface area contributed by atoms with Crippen LogP contribution < -0.4 is 0 Å². The predicted octanol–water partition coefficient (Wildman–Crippen LogP) is 1.40. The highest BCUT2D eigenvalue weighted by Crippen LogP contribution is 2.18. The van der Waals surface area contributed by atoms with Crippen LogP contribution in [0.2, 0.25) is 0 Å². The molecule has 1 saturated heterocycles. The molecular formula is C12H18N4S. The highest BCUT2D eigenvalue weighted by molar-refractivity contribution is 7.11.